The fraction of sp³-hybridized carbons (Fsp3) is 0.500. The van der Waals surface area contributed by atoms with Gasteiger partial charge in [-0.2, -0.15) is 0 Å². The van der Waals surface area contributed by atoms with Gasteiger partial charge in [0.2, 0.25) is 0 Å². The number of carbonyl (C=O) groups is 1. The van der Waals surface area contributed by atoms with Crippen molar-refractivity contribution in [1.82, 2.24) is 10.6 Å². The van der Waals surface area contributed by atoms with Crippen LogP contribution in [0, 0.1) is 6.92 Å². The highest BCUT2D eigenvalue weighted by Crippen LogP contribution is 2.26. The summed E-state index contributed by atoms with van der Waals surface area (Å²) in [4.78, 5) is 11.8. The minimum Gasteiger partial charge on any atom is -0.479 e. The van der Waals surface area contributed by atoms with Crippen LogP contribution in [0.4, 0.5) is 0 Å². The lowest BCUT2D eigenvalue weighted by Gasteiger charge is -2.16. The Morgan fingerprint density at radius 1 is 1.42 bits per heavy atom. The number of halogens is 1. The molecular formula is C14H21ClN2O2. The van der Waals surface area contributed by atoms with E-state index in [0.29, 0.717) is 17.3 Å². The summed E-state index contributed by atoms with van der Waals surface area (Å²) >= 11 is 6.02. The van der Waals surface area contributed by atoms with Gasteiger partial charge in [-0.3, -0.25) is 4.79 Å². The number of benzene rings is 1. The van der Waals surface area contributed by atoms with E-state index in [9.17, 15) is 4.79 Å². The van der Waals surface area contributed by atoms with Crippen molar-refractivity contribution in [2.24, 2.45) is 0 Å². The van der Waals surface area contributed by atoms with Gasteiger partial charge in [-0.1, -0.05) is 24.6 Å². The van der Waals surface area contributed by atoms with Crippen molar-refractivity contribution >= 4 is 17.5 Å². The lowest BCUT2D eigenvalue weighted by Crippen LogP contribution is -2.39. The highest BCUT2D eigenvalue weighted by Gasteiger charge is 2.15. The van der Waals surface area contributed by atoms with Crippen molar-refractivity contribution in [2.45, 2.75) is 26.9 Å². The largest absolute Gasteiger partial charge is 0.479 e. The third-order valence-corrected chi connectivity index (χ3v) is 2.92. The molecule has 1 amide bonds. The van der Waals surface area contributed by atoms with E-state index < -0.39 is 6.10 Å². The zero-order valence-corrected chi connectivity index (χ0v) is 12.4. The first-order valence-electron chi connectivity index (χ1n) is 6.45. The molecule has 4 nitrogen and oxygen atoms in total. The Kier molecular flexibility index (Phi) is 6.67. The third kappa shape index (κ3) is 5.49. The maximum atomic E-state index is 11.8. The first-order chi connectivity index (χ1) is 9.04. The van der Waals surface area contributed by atoms with E-state index in [1.807, 2.05) is 26.0 Å². The van der Waals surface area contributed by atoms with E-state index in [1.54, 1.807) is 13.0 Å². The van der Waals surface area contributed by atoms with Gasteiger partial charge < -0.3 is 15.4 Å². The van der Waals surface area contributed by atoms with Crippen LogP contribution < -0.4 is 15.4 Å². The van der Waals surface area contributed by atoms with Crippen molar-refractivity contribution in [3.63, 3.8) is 0 Å². The Balaban J connectivity index is 2.47. The summed E-state index contributed by atoms with van der Waals surface area (Å²) in [6.45, 7) is 7.90. The van der Waals surface area contributed by atoms with Crippen LogP contribution in [0.2, 0.25) is 5.02 Å². The fourth-order valence-corrected chi connectivity index (χ4v) is 1.70. The van der Waals surface area contributed by atoms with Gasteiger partial charge in [0.15, 0.2) is 6.10 Å². The Morgan fingerprint density at radius 3 is 2.84 bits per heavy atom. The molecule has 0 heterocycles. The van der Waals surface area contributed by atoms with Gasteiger partial charge in [0.1, 0.15) is 5.75 Å². The predicted octanol–water partition coefficient (Wildman–Crippen LogP) is 2.14. The molecule has 1 unspecified atom stereocenters. The number of rotatable bonds is 7. The number of ether oxygens (including phenoxy) is 1. The molecule has 1 atom stereocenters. The molecule has 0 bridgehead atoms. The Morgan fingerprint density at radius 2 is 2.16 bits per heavy atom. The second kappa shape index (κ2) is 8.02. The van der Waals surface area contributed by atoms with E-state index in [0.717, 1.165) is 18.7 Å². The molecule has 1 aromatic rings. The van der Waals surface area contributed by atoms with Crippen molar-refractivity contribution < 1.29 is 9.53 Å². The van der Waals surface area contributed by atoms with Crippen LogP contribution in [0.1, 0.15) is 19.4 Å². The average molecular weight is 285 g/mol. The van der Waals surface area contributed by atoms with Crippen molar-refractivity contribution in [1.29, 1.82) is 0 Å². The summed E-state index contributed by atoms with van der Waals surface area (Å²) in [5, 5.41) is 6.45. The number of nitrogens with one attached hydrogen (secondary N) is 2. The van der Waals surface area contributed by atoms with Crippen molar-refractivity contribution in [3.8, 4) is 5.75 Å². The summed E-state index contributed by atoms with van der Waals surface area (Å²) in [6, 6.07) is 5.49. The number of hydrogen-bond acceptors (Lipinski definition) is 3. The smallest absolute Gasteiger partial charge is 0.260 e. The van der Waals surface area contributed by atoms with E-state index in [2.05, 4.69) is 10.6 Å². The van der Waals surface area contributed by atoms with Gasteiger partial charge in [0, 0.05) is 13.1 Å². The molecule has 5 heteroatoms. The summed E-state index contributed by atoms with van der Waals surface area (Å²) in [5.41, 5.74) is 1.04. The normalized spacial score (nSPS) is 12.0. The average Bonchev–Trinajstić information content (AvgIpc) is 2.38. The van der Waals surface area contributed by atoms with Crippen LogP contribution in [0.25, 0.3) is 0 Å². The molecular weight excluding hydrogens is 264 g/mol. The van der Waals surface area contributed by atoms with Gasteiger partial charge in [0.25, 0.3) is 5.91 Å². The summed E-state index contributed by atoms with van der Waals surface area (Å²) in [7, 11) is 0. The van der Waals surface area contributed by atoms with Gasteiger partial charge in [0.05, 0.1) is 5.02 Å². The van der Waals surface area contributed by atoms with Gasteiger partial charge in [-0.15, -0.1) is 0 Å². The molecule has 2 N–H and O–H groups in total. The number of hydrogen-bond donors (Lipinski definition) is 2. The standard InChI is InChI=1S/C14H21ClN2O2/c1-4-16-7-8-17-14(18)11(3)19-13-9-10(2)5-6-12(13)15/h5-6,9,11,16H,4,7-8H2,1-3H3,(H,17,18). The quantitative estimate of drug-likeness (QED) is 0.754. The zero-order valence-electron chi connectivity index (χ0n) is 11.6. The Hall–Kier alpha value is -1.26. The van der Waals surface area contributed by atoms with Crippen LogP contribution in [0.3, 0.4) is 0 Å². The van der Waals surface area contributed by atoms with Crippen molar-refractivity contribution in [2.75, 3.05) is 19.6 Å². The van der Waals surface area contributed by atoms with E-state index >= 15 is 0 Å². The number of likely N-dealkylation sites (N-methyl/N-ethyl adjacent to an activating group) is 1. The van der Waals surface area contributed by atoms with E-state index in [1.165, 1.54) is 0 Å². The number of aryl methyl sites for hydroxylation is 1. The first kappa shape index (κ1) is 15.8. The van der Waals surface area contributed by atoms with Gasteiger partial charge in [-0.25, -0.2) is 0 Å². The van der Waals surface area contributed by atoms with Gasteiger partial charge in [-0.05, 0) is 38.1 Å². The number of carbonyl (C=O) groups excluding carboxylic acids is 1. The SMILES string of the molecule is CCNCCNC(=O)C(C)Oc1cc(C)ccc1Cl. The molecule has 0 radical (unpaired) electrons. The molecule has 1 aromatic carbocycles. The molecule has 0 saturated heterocycles. The van der Waals surface area contributed by atoms with Crippen LogP contribution in [0.5, 0.6) is 5.75 Å². The van der Waals surface area contributed by atoms with Crippen molar-refractivity contribution in [3.05, 3.63) is 28.8 Å². The highest BCUT2D eigenvalue weighted by atomic mass is 35.5. The maximum absolute atomic E-state index is 11.8. The minimum atomic E-state index is -0.569. The van der Waals surface area contributed by atoms with Crippen LogP contribution >= 0.6 is 11.6 Å². The second-order valence-electron chi connectivity index (χ2n) is 4.34. The Bertz CT molecular complexity index is 424. The predicted molar refractivity (Wildman–Crippen MR) is 77.8 cm³/mol. The maximum Gasteiger partial charge on any atom is 0.260 e. The molecule has 19 heavy (non-hydrogen) atoms. The second-order valence-corrected chi connectivity index (χ2v) is 4.75. The molecule has 0 aromatic heterocycles. The number of amides is 1. The summed E-state index contributed by atoms with van der Waals surface area (Å²) in [6.07, 6.45) is -0.569. The fourth-order valence-electron chi connectivity index (χ4n) is 1.54. The topological polar surface area (TPSA) is 50.4 Å². The molecule has 0 fully saturated rings. The lowest BCUT2D eigenvalue weighted by atomic mass is 10.2. The molecule has 0 aliphatic heterocycles. The highest BCUT2D eigenvalue weighted by molar-refractivity contribution is 6.32. The Labute approximate surface area is 119 Å². The monoisotopic (exact) mass is 284 g/mol. The molecule has 0 aliphatic carbocycles. The van der Waals surface area contributed by atoms with Crippen LogP contribution in [0.15, 0.2) is 18.2 Å². The minimum absolute atomic E-state index is 0.143. The van der Waals surface area contributed by atoms with Gasteiger partial charge >= 0.3 is 0 Å². The molecule has 0 spiro atoms. The van der Waals surface area contributed by atoms with Crippen LogP contribution in [-0.2, 0) is 4.79 Å². The first-order valence-corrected chi connectivity index (χ1v) is 6.83. The summed E-state index contributed by atoms with van der Waals surface area (Å²) < 4.78 is 5.58. The summed E-state index contributed by atoms with van der Waals surface area (Å²) in [5.74, 6) is 0.395. The van der Waals surface area contributed by atoms with Crippen LogP contribution in [-0.4, -0.2) is 31.6 Å². The zero-order chi connectivity index (χ0) is 14.3. The third-order valence-electron chi connectivity index (χ3n) is 2.61. The van der Waals surface area contributed by atoms with E-state index in [-0.39, 0.29) is 5.91 Å². The molecule has 106 valence electrons. The lowest BCUT2D eigenvalue weighted by molar-refractivity contribution is -0.127. The molecule has 0 saturated carbocycles. The van der Waals surface area contributed by atoms with E-state index in [4.69, 9.17) is 16.3 Å². The molecule has 1 rings (SSSR count). The molecule has 0 aliphatic rings.